The highest BCUT2D eigenvalue weighted by Gasteiger charge is 2.20. The Labute approximate surface area is 175 Å². The number of thiophene rings is 1. The van der Waals surface area contributed by atoms with Gasteiger partial charge in [-0.2, -0.15) is 0 Å². The molecule has 3 aromatic rings. The molecular weight excluding hydrogens is 464 g/mol. The molecule has 146 valence electrons. The second-order valence-corrected chi connectivity index (χ2v) is 9.96. The summed E-state index contributed by atoms with van der Waals surface area (Å²) in [5.41, 5.74) is 1.28. The largest absolute Gasteiger partial charge is 0.495 e. The number of carbonyl (C=O) groups excluding carboxylic acids is 1. The minimum Gasteiger partial charge on any atom is -0.495 e. The Morgan fingerprint density at radius 2 is 1.86 bits per heavy atom. The fourth-order valence-electron chi connectivity index (χ4n) is 2.53. The number of hydrogen-bond donors (Lipinski definition) is 2. The van der Waals surface area contributed by atoms with Crippen molar-refractivity contribution < 1.29 is 17.9 Å². The van der Waals surface area contributed by atoms with Gasteiger partial charge in [-0.1, -0.05) is 18.2 Å². The number of sulfonamides is 1. The number of nitrogens with one attached hydrogen (secondary N) is 2. The molecule has 0 saturated heterocycles. The molecule has 0 unspecified atom stereocenters. The van der Waals surface area contributed by atoms with Crippen LogP contribution in [0.25, 0.3) is 0 Å². The first-order valence-corrected chi connectivity index (χ1v) is 11.2. The van der Waals surface area contributed by atoms with Crippen molar-refractivity contribution in [3.63, 3.8) is 0 Å². The third kappa shape index (κ3) is 4.54. The lowest BCUT2D eigenvalue weighted by Crippen LogP contribution is -2.16. The highest BCUT2D eigenvalue weighted by Crippen LogP contribution is 2.29. The molecule has 0 saturated carbocycles. The van der Waals surface area contributed by atoms with E-state index in [-0.39, 0.29) is 10.8 Å². The SMILES string of the molecule is COc1ccccc1NS(=O)(=O)c1cc(NC(=O)c2ccc(Br)s2)ccc1C. The predicted molar refractivity (Wildman–Crippen MR) is 115 cm³/mol. The van der Waals surface area contributed by atoms with Gasteiger partial charge in [0.1, 0.15) is 5.75 Å². The topological polar surface area (TPSA) is 84.5 Å². The van der Waals surface area contributed by atoms with Gasteiger partial charge in [-0.15, -0.1) is 11.3 Å². The molecular formula is C19H17BrN2O4S2. The van der Waals surface area contributed by atoms with Gasteiger partial charge in [-0.25, -0.2) is 8.42 Å². The summed E-state index contributed by atoms with van der Waals surface area (Å²) < 4.78 is 34.4. The van der Waals surface area contributed by atoms with E-state index in [1.165, 1.54) is 24.5 Å². The lowest BCUT2D eigenvalue weighted by Gasteiger charge is -2.14. The Hall–Kier alpha value is -2.36. The van der Waals surface area contributed by atoms with Crippen molar-refractivity contribution in [2.45, 2.75) is 11.8 Å². The van der Waals surface area contributed by atoms with Gasteiger partial charge in [0.25, 0.3) is 15.9 Å². The standard InChI is InChI=1S/C19H17BrN2O4S2/c1-12-7-8-13(21-19(23)16-9-10-18(20)27-16)11-17(12)28(24,25)22-14-5-3-4-6-15(14)26-2/h3-11,22H,1-2H3,(H,21,23). The number of anilines is 2. The van der Waals surface area contributed by atoms with Crippen molar-refractivity contribution in [2.75, 3.05) is 17.1 Å². The molecule has 0 spiro atoms. The number of rotatable bonds is 6. The number of ether oxygens (including phenoxy) is 1. The smallest absolute Gasteiger partial charge is 0.265 e. The monoisotopic (exact) mass is 480 g/mol. The van der Waals surface area contributed by atoms with Gasteiger partial charge in [-0.05, 0) is 64.8 Å². The van der Waals surface area contributed by atoms with Crippen LogP contribution in [0.1, 0.15) is 15.2 Å². The van der Waals surface area contributed by atoms with Crippen LogP contribution in [0.4, 0.5) is 11.4 Å². The normalized spacial score (nSPS) is 11.1. The minimum atomic E-state index is -3.88. The summed E-state index contributed by atoms with van der Waals surface area (Å²) in [6, 6.07) is 15.0. The number of amides is 1. The van der Waals surface area contributed by atoms with Crippen LogP contribution < -0.4 is 14.8 Å². The molecule has 0 atom stereocenters. The van der Waals surface area contributed by atoms with Crippen LogP contribution in [-0.2, 0) is 10.0 Å². The van der Waals surface area contributed by atoms with Crippen molar-refractivity contribution in [1.29, 1.82) is 0 Å². The van der Waals surface area contributed by atoms with Crippen LogP contribution in [0.2, 0.25) is 0 Å². The first-order valence-electron chi connectivity index (χ1n) is 8.13. The number of benzene rings is 2. The Morgan fingerprint density at radius 3 is 2.54 bits per heavy atom. The summed E-state index contributed by atoms with van der Waals surface area (Å²) >= 11 is 4.61. The summed E-state index contributed by atoms with van der Waals surface area (Å²) in [4.78, 5) is 12.9. The Kier molecular flexibility index (Phi) is 6.07. The Bertz CT molecular complexity index is 1130. The quantitative estimate of drug-likeness (QED) is 0.526. The molecule has 6 nitrogen and oxygen atoms in total. The van der Waals surface area contributed by atoms with E-state index in [2.05, 4.69) is 26.0 Å². The van der Waals surface area contributed by atoms with Crippen LogP contribution in [0.5, 0.6) is 5.75 Å². The molecule has 2 aromatic carbocycles. The molecule has 9 heteroatoms. The first kappa shape index (κ1) is 20.4. The molecule has 0 aliphatic carbocycles. The van der Waals surface area contributed by atoms with Gasteiger partial charge in [0, 0.05) is 5.69 Å². The van der Waals surface area contributed by atoms with Crippen molar-refractivity contribution in [2.24, 2.45) is 0 Å². The van der Waals surface area contributed by atoms with Crippen molar-refractivity contribution in [1.82, 2.24) is 0 Å². The molecule has 2 N–H and O–H groups in total. The number of hydrogen-bond acceptors (Lipinski definition) is 5. The van der Waals surface area contributed by atoms with E-state index in [9.17, 15) is 13.2 Å². The molecule has 0 bridgehead atoms. The van der Waals surface area contributed by atoms with E-state index in [4.69, 9.17) is 4.74 Å². The number of carbonyl (C=O) groups is 1. The number of halogens is 1. The van der Waals surface area contributed by atoms with E-state index < -0.39 is 10.0 Å². The predicted octanol–water partition coefficient (Wildman–Crippen LogP) is 4.88. The maximum absolute atomic E-state index is 12.9. The third-order valence-corrected chi connectivity index (χ3v) is 7.01. The second kappa shape index (κ2) is 8.34. The summed E-state index contributed by atoms with van der Waals surface area (Å²) in [6.07, 6.45) is 0. The Balaban J connectivity index is 1.89. The summed E-state index contributed by atoms with van der Waals surface area (Å²) in [5.74, 6) is 0.108. The molecule has 0 radical (unpaired) electrons. The van der Waals surface area contributed by atoms with Crippen molar-refractivity contribution in [3.05, 3.63) is 68.8 Å². The van der Waals surface area contributed by atoms with Crippen LogP contribution >= 0.6 is 27.3 Å². The first-order chi connectivity index (χ1) is 13.3. The number of para-hydroxylation sites is 2. The summed E-state index contributed by atoms with van der Waals surface area (Å²) in [6.45, 7) is 1.69. The van der Waals surface area contributed by atoms with Gasteiger partial charge in [0.15, 0.2) is 0 Å². The zero-order valence-electron chi connectivity index (χ0n) is 15.0. The maximum atomic E-state index is 12.9. The van der Waals surface area contributed by atoms with Crippen molar-refractivity contribution >= 4 is 54.6 Å². The zero-order chi connectivity index (χ0) is 20.3. The third-order valence-electron chi connectivity index (χ3n) is 3.88. The lowest BCUT2D eigenvalue weighted by molar-refractivity contribution is 0.103. The molecule has 1 amide bonds. The van der Waals surface area contributed by atoms with Gasteiger partial charge < -0.3 is 10.1 Å². The molecule has 0 aliphatic rings. The molecule has 0 aliphatic heterocycles. The van der Waals surface area contributed by atoms with Crippen molar-refractivity contribution in [3.8, 4) is 5.75 Å². The average Bonchev–Trinajstić information content (AvgIpc) is 3.10. The van der Waals surface area contributed by atoms with E-state index in [0.717, 1.165) is 3.79 Å². The van der Waals surface area contributed by atoms with Crippen LogP contribution in [-0.4, -0.2) is 21.4 Å². The summed E-state index contributed by atoms with van der Waals surface area (Å²) in [5, 5.41) is 2.73. The fraction of sp³-hybridized carbons (Fsp3) is 0.105. The Morgan fingerprint density at radius 1 is 1.11 bits per heavy atom. The van der Waals surface area contributed by atoms with Gasteiger partial charge >= 0.3 is 0 Å². The lowest BCUT2D eigenvalue weighted by atomic mass is 10.2. The van der Waals surface area contributed by atoms with Gasteiger partial charge in [0.2, 0.25) is 0 Å². The van der Waals surface area contributed by atoms with Gasteiger partial charge in [-0.3, -0.25) is 9.52 Å². The highest BCUT2D eigenvalue weighted by molar-refractivity contribution is 9.11. The van der Waals surface area contributed by atoms with E-state index >= 15 is 0 Å². The fourth-order valence-corrected chi connectivity index (χ4v) is 5.15. The molecule has 0 fully saturated rings. The highest BCUT2D eigenvalue weighted by atomic mass is 79.9. The minimum absolute atomic E-state index is 0.0727. The zero-order valence-corrected chi connectivity index (χ0v) is 18.2. The van der Waals surface area contributed by atoms with E-state index in [0.29, 0.717) is 27.6 Å². The van der Waals surface area contributed by atoms with Gasteiger partial charge in [0.05, 0.1) is 26.4 Å². The molecule has 3 rings (SSSR count). The molecule has 1 aromatic heterocycles. The second-order valence-electron chi connectivity index (χ2n) is 5.84. The average molecular weight is 481 g/mol. The van der Waals surface area contributed by atoms with Crippen LogP contribution in [0.15, 0.2) is 63.3 Å². The maximum Gasteiger partial charge on any atom is 0.265 e. The van der Waals surface area contributed by atoms with E-state index in [1.54, 1.807) is 55.5 Å². The number of methoxy groups -OCH3 is 1. The number of aryl methyl sites for hydroxylation is 1. The molecule has 1 heterocycles. The summed E-state index contributed by atoms with van der Waals surface area (Å²) in [7, 11) is -2.41. The molecule has 28 heavy (non-hydrogen) atoms. The van der Waals surface area contributed by atoms with E-state index in [1.807, 2.05) is 0 Å². The van der Waals surface area contributed by atoms with Crippen LogP contribution in [0.3, 0.4) is 0 Å². The van der Waals surface area contributed by atoms with Crippen LogP contribution in [0, 0.1) is 6.92 Å².